The fourth-order valence-electron chi connectivity index (χ4n) is 2.47. The van der Waals surface area contributed by atoms with Gasteiger partial charge < -0.3 is 15.0 Å². The van der Waals surface area contributed by atoms with Crippen LogP contribution in [0.15, 0.2) is 0 Å². The second-order valence-corrected chi connectivity index (χ2v) is 4.20. The Balaban J connectivity index is 1.95. The van der Waals surface area contributed by atoms with E-state index in [0.29, 0.717) is 6.42 Å². The number of rotatable bonds is 1. The van der Waals surface area contributed by atoms with Crippen molar-refractivity contribution in [3.8, 4) is 0 Å². The highest BCUT2D eigenvalue weighted by atomic mass is 16.4. The number of hydrogen-bond donors (Lipinski definition) is 2. The van der Waals surface area contributed by atoms with Gasteiger partial charge in [-0.2, -0.15) is 0 Å². The van der Waals surface area contributed by atoms with Crippen molar-refractivity contribution in [3.63, 3.8) is 0 Å². The van der Waals surface area contributed by atoms with Crippen molar-refractivity contribution >= 4 is 5.97 Å². The van der Waals surface area contributed by atoms with Gasteiger partial charge in [0.1, 0.15) is 5.82 Å². The monoisotopic (exact) mass is 207 g/mol. The predicted octanol–water partition coefficient (Wildman–Crippen LogP) is 0.133. The highest BCUT2D eigenvalue weighted by Gasteiger charge is 2.29. The minimum Gasteiger partial charge on any atom is -0.481 e. The molecule has 1 unspecified atom stereocenters. The van der Waals surface area contributed by atoms with Crippen molar-refractivity contribution in [1.29, 1.82) is 0 Å². The van der Waals surface area contributed by atoms with Gasteiger partial charge in [-0.05, 0) is 6.42 Å². The molecule has 15 heavy (non-hydrogen) atoms. The van der Waals surface area contributed by atoms with Gasteiger partial charge >= 0.3 is 5.97 Å². The first-order valence-corrected chi connectivity index (χ1v) is 5.26. The Morgan fingerprint density at radius 2 is 2.40 bits per heavy atom. The fourth-order valence-corrected chi connectivity index (χ4v) is 2.47. The van der Waals surface area contributed by atoms with Crippen LogP contribution in [-0.2, 0) is 30.8 Å². The van der Waals surface area contributed by atoms with Crippen molar-refractivity contribution in [1.82, 2.24) is 14.9 Å². The lowest BCUT2D eigenvalue weighted by atomic mass is 9.98. The van der Waals surface area contributed by atoms with Crippen LogP contribution in [0.2, 0.25) is 0 Å². The molecule has 0 aliphatic carbocycles. The van der Waals surface area contributed by atoms with Gasteiger partial charge in [-0.15, -0.1) is 0 Å². The predicted molar refractivity (Wildman–Crippen MR) is 52.2 cm³/mol. The second kappa shape index (κ2) is 3.06. The molecule has 3 rings (SSSR count). The van der Waals surface area contributed by atoms with E-state index in [-0.39, 0.29) is 5.92 Å². The summed E-state index contributed by atoms with van der Waals surface area (Å²) >= 11 is 0. The highest BCUT2D eigenvalue weighted by Crippen LogP contribution is 2.25. The number of nitrogens with zero attached hydrogens (tertiary/aromatic N) is 2. The molecular weight excluding hydrogens is 194 g/mol. The zero-order valence-corrected chi connectivity index (χ0v) is 8.36. The van der Waals surface area contributed by atoms with Gasteiger partial charge in [0.25, 0.3) is 0 Å². The fraction of sp³-hybridized carbons (Fsp3) is 0.600. The van der Waals surface area contributed by atoms with Crippen LogP contribution in [0.3, 0.4) is 0 Å². The first-order chi connectivity index (χ1) is 7.25. The SMILES string of the molecule is O=C(O)C1CCn2c(nc3c2CNC3)C1. The molecule has 5 nitrogen and oxygen atoms in total. The minimum atomic E-state index is -0.692. The Morgan fingerprint density at radius 1 is 1.53 bits per heavy atom. The van der Waals surface area contributed by atoms with Gasteiger partial charge in [-0.25, -0.2) is 4.98 Å². The van der Waals surface area contributed by atoms with Crippen LogP contribution in [0.25, 0.3) is 0 Å². The van der Waals surface area contributed by atoms with Crippen molar-refractivity contribution in [2.45, 2.75) is 32.5 Å². The molecule has 0 fully saturated rings. The third-order valence-corrected chi connectivity index (χ3v) is 3.30. The number of carbonyl (C=O) groups is 1. The normalized spacial score (nSPS) is 23.6. The Labute approximate surface area is 87.1 Å². The topological polar surface area (TPSA) is 67.1 Å². The number of fused-ring (bicyclic) bond motifs is 3. The average Bonchev–Trinajstić information content (AvgIpc) is 2.75. The first-order valence-electron chi connectivity index (χ1n) is 5.26. The number of nitrogens with one attached hydrogen (secondary N) is 1. The van der Waals surface area contributed by atoms with Gasteiger partial charge in [0.2, 0.25) is 0 Å². The molecule has 3 heterocycles. The molecule has 0 aromatic carbocycles. The van der Waals surface area contributed by atoms with Crippen LogP contribution in [0.4, 0.5) is 0 Å². The van der Waals surface area contributed by atoms with Crippen molar-refractivity contribution in [3.05, 3.63) is 17.2 Å². The lowest BCUT2D eigenvalue weighted by Crippen LogP contribution is -2.27. The number of hydrogen-bond acceptors (Lipinski definition) is 3. The second-order valence-electron chi connectivity index (χ2n) is 4.20. The quantitative estimate of drug-likeness (QED) is 0.687. The summed E-state index contributed by atoms with van der Waals surface area (Å²) in [5.74, 6) is 0.0238. The van der Waals surface area contributed by atoms with E-state index in [1.807, 2.05) is 0 Å². The molecule has 0 saturated heterocycles. The average molecular weight is 207 g/mol. The molecule has 1 aromatic heterocycles. The Morgan fingerprint density at radius 3 is 3.20 bits per heavy atom. The lowest BCUT2D eigenvalue weighted by molar-refractivity contribution is -0.142. The molecule has 2 aliphatic rings. The molecule has 0 spiro atoms. The molecule has 1 aromatic rings. The summed E-state index contributed by atoms with van der Waals surface area (Å²) in [7, 11) is 0. The van der Waals surface area contributed by atoms with Crippen LogP contribution < -0.4 is 5.32 Å². The van der Waals surface area contributed by atoms with E-state index in [0.717, 1.165) is 37.6 Å². The molecule has 1 atom stereocenters. The van der Waals surface area contributed by atoms with E-state index in [4.69, 9.17) is 5.11 Å². The molecular formula is C10H13N3O2. The lowest BCUT2D eigenvalue weighted by Gasteiger charge is -2.21. The zero-order chi connectivity index (χ0) is 10.4. The molecule has 5 heteroatoms. The third-order valence-electron chi connectivity index (χ3n) is 3.30. The zero-order valence-electron chi connectivity index (χ0n) is 8.36. The Hall–Kier alpha value is -1.36. The van der Waals surface area contributed by atoms with Crippen LogP contribution >= 0.6 is 0 Å². The van der Waals surface area contributed by atoms with Crippen molar-refractivity contribution < 1.29 is 9.90 Å². The van der Waals surface area contributed by atoms with Crippen LogP contribution in [0.5, 0.6) is 0 Å². The number of aromatic nitrogens is 2. The van der Waals surface area contributed by atoms with E-state index in [2.05, 4.69) is 14.9 Å². The number of aliphatic carboxylic acids is 1. The van der Waals surface area contributed by atoms with E-state index in [1.165, 1.54) is 5.69 Å². The van der Waals surface area contributed by atoms with Crippen LogP contribution in [0, 0.1) is 5.92 Å². The maximum absolute atomic E-state index is 10.9. The number of imidazole rings is 1. The van der Waals surface area contributed by atoms with Crippen molar-refractivity contribution in [2.75, 3.05) is 0 Å². The first kappa shape index (κ1) is 8.91. The maximum Gasteiger partial charge on any atom is 0.307 e. The molecule has 80 valence electrons. The summed E-state index contributed by atoms with van der Waals surface area (Å²) in [4.78, 5) is 15.4. The smallest absolute Gasteiger partial charge is 0.307 e. The van der Waals surface area contributed by atoms with E-state index in [9.17, 15) is 4.79 Å². The largest absolute Gasteiger partial charge is 0.481 e. The highest BCUT2D eigenvalue weighted by molar-refractivity contribution is 5.70. The minimum absolute atomic E-state index is 0.243. The Kier molecular flexibility index (Phi) is 1.82. The van der Waals surface area contributed by atoms with Gasteiger partial charge in [0, 0.05) is 26.1 Å². The van der Waals surface area contributed by atoms with E-state index in [1.54, 1.807) is 0 Å². The summed E-state index contributed by atoms with van der Waals surface area (Å²) in [5, 5.41) is 12.2. The molecule has 2 aliphatic heterocycles. The van der Waals surface area contributed by atoms with Crippen LogP contribution in [-0.4, -0.2) is 20.6 Å². The molecule has 0 radical (unpaired) electrons. The van der Waals surface area contributed by atoms with Gasteiger partial charge in [0.05, 0.1) is 17.3 Å². The van der Waals surface area contributed by atoms with Gasteiger partial charge in [-0.1, -0.05) is 0 Å². The van der Waals surface area contributed by atoms with Gasteiger partial charge in [-0.3, -0.25) is 4.79 Å². The van der Waals surface area contributed by atoms with Crippen molar-refractivity contribution in [2.24, 2.45) is 5.92 Å². The number of carboxylic acid groups (broad SMARTS) is 1. The van der Waals surface area contributed by atoms with Crippen LogP contribution in [0.1, 0.15) is 23.6 Å². The molecule has 0 bridgehead atoms. The molecule has 0 amide bonds. The van der Waals surface area contributed by atoms with Gasteiger partial charge in [0.15, 0.2) is 0 Å². The summed E-state index contributed by atoms with van der Waals surface area (Å²) in [6, 6.07) is 0. The summed E-state index contributed by atoms with van der Waals surface area (Å²) in [5.41, 5.74) is 2.37. The molecule has 2 N–H and O–H groups in total. The van der Waals surface area contributed by atoms with E-state index < -0.39 is 5.97 Å². The standard InChI is InChI=1S/C10H13N3O2/c14-10(15)6-1-2-13-8-5-11-4-7(8)12-9(13)3-6/h6,11H,1-5H2,(H,14,15). The maximum atomic E-state index is 10.9. The summed E-state index contributed by atoms with van der Waals surface area (Å²) < 4.78 is 2.19. The van der Waals surface area contributed by atoms with E-state index >= 15 is 0 Å². The summed E-state index contributed by atoms with van der Waals surface area (Å²) in [6.07, 6.45) is 1.31. The third kappa shape index (κ3) is 1.26. The molecule has 0 saturated carbocycles. The number of carboxylic acids is 1. The summed E-state index contributed by atoms with van der Waals surface area (Å²) in [6.45, 7) is 2.50. The Bertz CT molecular complexity index is 425.